The molecule has 3 rings (SSSR count). The summed E-state index contributed by atoms with van der Waals surface area (Å²) in [4.78, 5) is 12.9. The van der Waals surface area contributed by atoms with Crippen molar-refractivity contribution in [2.24, 2.45) is 0 Å². The predicted octanol–water partition coefficient (Wildman–Crippen LogP) is 5.92. The van der Waals surface area contributed by atoms with Gasteiger partial charge in [-0.15, -0.1) is 0 Å². The molecule has 3 aromatic carbocycles. The van der Waals surface area contributed by atoms with E-state index in [0.29, 0.717) is 5.56 Å². The first kappa shape index (κ1) is 17.7. The topological polar surface area (TPSA) is 41.1 Å². The highest BCUT2D eigenvalue weighted by atomic mass is 16.1. The fraction of sp³-hybridized carbons (Fsp3) is 0.174. The number of rotatable bonds is 4. The van der Waals surface area contributed by atoms with E-state index in [9.17, 15) is 4.79 Å². The molecule has 0 saturated carbocycles. The Labute approximate surface area is 155 Å². The second-order valence-electron chi connectivity index (χ2n) is 6.71. The van der Waals surface area contributed by atoms with Crippen molar-refractivity contribution in [3.8, 4) is 0 Å². The molecule has 0 spiro atoms. The molecule has 2 N–H and O–H groups in total. The molecule has 0 bridgehead atoms. The van der Waals surface area contributed by atoms with Crippen LogP contribution in [0.4, 0.5) is 17.1 Å². The lowest BCUT2D eigenvalue weighted by atomic mass is 10.1. The Hall–Kier alpha value is -3.07. The number of aryl methyl sites for hydroxylation is 4. The van der Waals surface area contributed by atoms with E-state index in [1.807, 2.05) is 62.4 Å². The van der Waals surface area contributed by atoms with E-state index in [2.05, 4.69) is 36.6 Å². The number of anilines is 3. The highest BCUT2D eigenvalue weighted by Gasteiger charge is 2.14. The number of carbonyl (C=O) groups is 1. The van der Waals surface area contributed by atoms with Crippen molar-refractivity contribution in [2.45, 2.75) is 27.7 Å². The van der Waals surface area contributed by atoms with Gasteiger partial charge in [-0.25, -0.2) is 0 Å². The van der Waals surface area contributed by atoms with Gasteiger partial charge >= 0.3 is 0 Å². The zero-order chi connectivity index (χ0) is 18.7. The summed E-state index contributed by atoms with van der Waals surface area (Å²) in [5, 5.41) is 6.47. The van der Waals surface area contributed by atoms with Crippen LogP contribution in [0.1, 0.15) is 32.6 Å². The Balaban J connectivity index is 1.90. The molecule has 3 heteroatoms. The fourth-order valence-electron chi connectivity index (χ4n) is 3.08. The zero-order valence-corrected chi connectivity index (χ0v) is 15.7. The largest absolute Gasteiger partial charge is 0.355 e. The molecule has 0 aliphatic heterocycles. The summed E-state index contributed by atoms with van der Waals surface area (Å²) in [5.41, 5.74) is 7.76. The average Bonchev–Trinajstić information content (AvgIpc) is 2.61. The summed E-state index contributed by atoms with van der Waals surface area (Å²) in [5.74, 6) is -0.115. The van der Waals surface area contributed by atoms with Crippen molar-refractivity contribution in [3.63, 3.8) is 0 Å². The highest BCUT2D eigenvalue weighted by Crippen LogP contribution is 2.26. The van der Waals surface area contributed by atoms with Gasteiger partial charge in [-0.3, -0.25) is 4.79 Å². The van der Waals surface area contributed by atoms with Crippen LogP contribution in [0.25, 0.3) is 0 Å². The molecule has 3 nitrogen and oxygen atoms in total. The van der Waals surface area contributed by atoms with Crippen LogP contribution in [-0.4, -0.2) is 5.91 Å². The molecule has 0 atom stereocenters. The van der Waals surface area contributed by atoms with Gasteiger partial charge in [0.05, 0.1) is 11.3 Å². The molecule has 0 saturated heterocycles. The summed E-state index contributed by atoms with van der Waals surface area (Å²) < 4.78 is 0. The first-order valence-corrected chi connectivity index (χ1v) is 8.76. The van der Waals surface area contributed by atoms with Gasteiger partial charge in [0.25, 0.3) is 5.91 Å². The van der Waals surface area contributed by atoms with Crippen LogP contribution in [0.5, 0.6) is 0 Å². The Morgan fingerprint density at radius 3 is 2.12 bits per heavy atom. The minimum absolute atomic E-state index is 0.115. The van der Waals surface area contributed by atoms with Crippen LogP contribution in [0.3, 0.4) is 0 Å². The molecular weight excluding hydrogens is 320 g/mol. The lowest BCUT2D eigenvalue weighted by Crippen LogP contribution is -2.15. The minimum Gasteiger partial charge on any atom is -0.355 e. The maximum absolute atomic E-state index is 12.9. The van der Waals surface area contributed by atoms with E-state index in [0.717, 1.165) is 33.8 Å². The van der Waals surface area contributed by atoms with Gasteiger partial charge in [0.15, 0.2) is 0 Å². The second-order valence-corrected chi connectivity index (χ2v) is 6.71. The summed E-state index contributed by atoms with van der Waals surface area (Å²) in [6, 6.07) is 19.8. The number of nitrogens with one attached hydrogen (secondary N) is 2. The number of hydrogen-bond donors (Lipinski definition) is 2. The van der Waals surface area contributed by atoms with E-state index in [4.69, 9.17) is 0 Å². The molecule has 0 unspecified atom stereocenters. The fourth-order valence-corrected chi connectivity index (χ4v) is 3.08. The van der Waals surface area contributed by atoms with Crippen molar-refractivity contribution in [1.29, 1.82) is 0 Å². The molecule has 132 valence electrons. The molecule has 1 amide bonds. The monoisotopic (exact) mass is 344 g/mol. The highest BCUT2D eigenvalue weighted by molar-refractivity contribution is 6.09. The maximum atomic E-state index is 12.9. The number of hydrogen-bond acceptors (Lipinski definition) is 2. The van der Waals surface area contributed by atoms with Crippen LogP contribution in [-0.2, 0) is 0 Å². The Morgan fingerprint density at radius 1 is 0.731 bits per heavy atom. The van der Waals surface area contributed by atoms with E-state index >= 15 is 0 Å². The first-order valence-electron chi connectivity index (χ1n) is 8.76. The summed E-state index contributed by atoms with van der Waals surface area (Å²) in [6.07, 6.45) is 0. The van der Waals surface area contributed by atoms with E-state index in [1.165, 1.54) is 5.56 Å². The minimum atomic E-state index is -0.115. The number of carbonyl (C=O) groups excluding carboxylic acids is 1. The van der Waals surface area contributed by atoms with Gasteiger partial charge in [0.2, 0.25) is 0 Å². The zero-order valence-electron chi connectivity index (χ0n) is 15.7. The van der Waals surface area contributed by atoms with Crippen molar-refractivity contribution in [2.75, 3.05) is 10.6 Å². The summed E-state index contributed by atoms with van der Waals surface area (Å²) in [6.45, 7) is 8.14. The van der Waals surface area contributed by atoms with Gasteiger partial charge in [-0.1, -0.05) is 48.0 Å². The third-order valence-electron chi connectivity index (χ3n) is 4.54. The van der Waals surface area contributed by atoms with Crippen molar-refractivity contribution in [1.82, 2.24) is 0 Å². The van der Waals surface area contributed by atoms with E-state index in [1.54, 1.807) is 0 Å². The first-order chi connectivity index (χ1) is 12.5. The van der Waals surface area contributed by atoms with Crippen LogP contribution in [0.2, 0.25) is 0 Å². The molecular formula is C23H24N2O. The molecule has 26 heavy (non-hydrogen) atoms. The predicted molar refractivity (Wildman–Crippen MR) is 110 cm³/mol. The second kappa shape index (κ2) is 7.44. The van der Waals surface area contributed by atoms with Gasteiger partial charge in [-0.2, -0.15) is 0 Å². The molecule has 0 fully saturated rings. The smallest absolute Gasteiger partial charge is 0.257 e. The lowest BCUT2D eigenvalue weighted by molar-refractivity contribution is 0.102. The molecule has 3 aromatic rings. The van der Waals surface area contributed by atoms with Crippen LogP contribution >= 0.6 is 0 Å². The van der Waals surface area contributed by atoms with Crippen molar-refractivity contribution >= 4 is 23.0 Å². The number of benzene rings is 3. The lowest BCUT2D eigenvalue weighted by Gasteiger charge is -2.16. The number of amides is 1. The molecule has 0 aromatic heterocycles. The van der Waals surface area contributed by atoms with Gasteiger partial charge < -0.3 is 10.6 Å². The van der Waals surface area contributed by atoms with Crippen molar-refractivity contribution < 1.29 is 4.79 Å². The third kappa shape index (κ3) is 3.77. The molecule has 0 aliphatic carbocycles. The Kier molecular flexibility index (Phi) is 5.08. The molecule has 0 heterocycles. The van der Waals surface area contributed by atoms with E-state index < -0.39 is 0 Å². The van der Waals surface area contributed by atoms with Crippen LogP contribution in [0.15, 0.2) is 60.7 Å². The summed E-state index contributed by atoms with van der Waals surface area (Å²) >= 11 is 0. The average molecular weight is 344 g/mol. The SMILES string of the molecule is Cc1ccc(Nc2ccccc2C(=O)Nc2c(C)cccc2C)c(C)c1. The third-order valence-corrected chi connectivity index (χ3v) is 4.54. The maximum Gasteiger partial charge on any atom is 0.257 e. The van der Waals surface area contributed by atoms with Crippen molar-refractivity contribution in [3.05, 3.63) is 88.5 Å². The van der Waals surface area contributed by atoms with Gasteiger partial charge in [0.1, 0.15) is 0 Å². The molecule has 0 aliphatic rings. The summed E-state index contributed by atoms with van der Waals surface area (Å²) in [7, 11) is 0. The quantitative estimate of drug-likeness (QED) is 0.617. The Morgan fingerprint density at radius 2 is 1.42 bits per heavy atom. The molecule has 0 radical (unpaired) electrons. The Bertz CT molecular complexity index is 940. The standard InChI is InChI=1S/C23H24N2O/c1-15-12-13-20(18(4)14-15)24-21-11-6-5-10-19(21)23(26)25-22-16(2)8-7-9-17(22)3/h5-14,24H,1-4H3,(H,25,26). The van der Waals surface area contributed by atoms with Crippen LogP contribution in [0, 0.1) is 27.7 Å². The normalized spacial score (nSPS) is 10.5. The number of para-hydroxylation sites is 2. The van der Waals surface area contributed by atoms with Gasteiger partial charge in [0, 0.05) is 11.4 Å². The van der Waals surface area contributed by atoms with E-state index in [-0.39, 0.29) is 5.91 Å². The van der Waals surface area contributed by atoms with Crippen LogP contribution < -0.4 is 10.6 Å². The van der Waals surface area contributed by atoms with Gasteiger partial charge in [-0.05, 0) is 62.6 Å².